The molecule has 12 heavy (non-hydrogen) atoms. The Labute approximate surface area is 105 Å². The van der Waals surface area contributed by atoms with E-state index in [-0.39, 0.29) is 39.5 Å². The molecule has 1 unspecified atom stereocenters. The Hall–Kier alpha value is 0.910. The van der Waals surface area contributed by atoms with E-state index in [4.69, 9.17) is 23.2 Å². The van der Waals surface area contributed by atoms with E-state index in [1.165, 1.54) is 18.2 Å². The average Bonchev–Trinajstić information content (AvgIpc) is 1.94. The molecule has 1 rings (SSSR count). The van der Waals surface area contributed by atoms with E-state index in [1.807, 2.05) is 0 Å². The van der Waals surface area contributed by atoms with Crippen LogP contribution in [0.3, 0.4) is 0 Å². The van der Waals surface area contributed by atoms with E-state index in [9.17, 15) is 8.76 Å². The van der Waals surface area contributed by atoms with Crippen LogP contribution in [0.1, 0.15) is 0 Å². The molecular weight excluding hydrogens is 230 g/mol. The molecule has 0 aromatic heterocycles. The zero-order chi connectivity index (χ0) is 8.43. The minimum Gasteiger partial charge on any atom is -0.768 e. The molecule has 0 N–H and O–H groups in total. The van der Waals surface area contributed by atoms with Gasteiger partial charge in [0.1, 0.15) is 0 Å². The Bertz CT molecular complexity index is 306. The summed E-state index contributed by atoms with van der Waals surface area (Å²) in [6, 6.07) is 4.27. The maximum absolute atomic E-state index is 10.4. The third kappa shape index (κ3) is 3.34. The molecule has 1 aromatic rings. The van der Waals surface area contributed by atoms with Crippen molar-refractivity contribution >= 4 is 34.3 Å². The fourth-order valence-corrected chi connectivity index (χ4v) is 1.60. The predicted octanol–water partition coefficient (Wildman–Crippen LogP) is -0.765. The van der Waals surface area contributed by atoms with Crippen LogP contribution in [0, 0.1) is 0 Å². The van der Waals surface area contributed by atoms with E-state index in [2.05, 4.69) is 0 Å². The van der Waals surface area contributed by atoms with Gasteiger partial charge in [-0.2, -0.15) is 0 Å². The van der Waals surface area contributed by atoms with Crippen molar-refractivity contribution in [3.8, 4) is 0 Å². The average molecular weight is 233 g/mol. The fourth-order valence-electron chi connectivity index (χ4n) is 0.605. The molecule has 1 atom stereocenters. The summed E-state index contributed by atoms with van der Waals surface area (Å²) in [7, 11) is 0. The van der Waals surface area contributed by atoms with E-state index in [0.717, 1.165) is 0 Å². The van der Waals surface area contributed by atoms with Crippen LogP contribution in [0.15, 0.2) is 23.1 Å². The molecule has 0 bridgehead atoms. The summed E-state index contributed by atoms with van der Waals surface area (Å²) in [5.41, 5.74) is 0. The zero-order valence-electron chi connectivity index (χ0n) is 6.21. The molecule has 1 aromatic carbocycles. The zero-order valence-corrected chi connectivity index (χ0v) is 10.5. The van der Waals surface area contributed by atoms with Crippen LogP contribution in [-0.4, -0.2) is 8.76 Å². The third-order valence-electron chi connectivity index (χ3n) is 1.07. The number of benzene rings is 1. The first-order valence-corrected chi connectivity index (χ1v) is 4.48. The van der Waals surface area contributed by atoms with Gasteiger partial charge in [0, 0.05) is 9.92 Å². The van der Waals surface area contributed by atoms with Gasteiger partial charge < -0.3 is 4.55 Å². The molecule has 0 radical (unpaired) electrons. The van der Waals surface area contributed by atoms with Crippen LogP contribution in [0.2, 0.25) is 10.0 Å². The second-order valence-corrected chi connectivity index (χ2v) is 3.56. The minimum atomic E-state index is -2.32. The predicted molar refractivity (Wildman–Crippen MR) is 43.6 cm³/mol. The summed E-state index contributed by atoms with van der Waals surface area (Å²) in [6.45, 7) is 0. The van der Waals surface area contributed by atoms with Crippen LogP contribution in [0.25, 0.3) is 0 Å². The monoisotopic (exact) mass is 232 g/mol. The molecule has 0 spiro atoms. The molecule has 0 aliphatic carbocycles. The van der Waals surface area contributed by atoms with Gasteiger partial charge in [0.15, 0.2) is 0 Å². The summed E-state index contributed by atoms with van der Waals surface area (Å²) < 4.78 is 20.9. The largest absolute Gasteiger partial charge is 1.00 e. The van der Waals surface area contributed by atoms with Crippen LogP contribution < -0.4 is 29.6 Å². The molecule has 2 nitrogen and oxygen atoms in total. The summed E-state index contributed by atoms with van der Waals surface area (Å²) in [6.07, 6.45) is 0. The normalized spacial score (nSPS) is 11.9. The van der Waals surface area contributed by atoms with E-state index >= 15 is 0 Å². The van der Waals surface area contributed by atoms with Gasteiger partial charge in [-0.05, 0) is 29.3 Å². The molecule has 0 heterocycles. The Morgan fingerprint density at radius 3 is 2.33 bits per heavy atom. The van der Waals surface area contributed by atoms with Gasteiger partial charge in [0.05, 0.1) is 5.02 Å². The smallest absolute Gasteiger partial charge is 0.768 e. The van der Waals surface area contributed by atoms with E-state index in [1.54, 1.807) is 0 Å². The second kappa shape index (κ2) is 5.60. The van der Waals surface area contributed by atoms with Crippen molar-refractivity contribution in [2.24, 2.45) is 0 Å². The molecule has 0 aliphatic heterocycles. The maximum Gasteiger partial charge on any atom is 1.00 e. The minimum absolute atomic E-state index is 0. The molecule has 6 heteroatoms. The van der Waals surface area contributed by atoms with Crippen molar-refractivity contribution in [1.82, 2.24) is 0 Å². The molecule has 0 aliphatic rings. The van der Waals surface area contributed by atoms with Crippen molar-refractivity contribution < 1.29 is 38.3 Å². The van der Waals surface area contributed by atoms with Crippen LogP contribution in [0.4, 0.5) is 0 Å². The number of halogens is 2. The van der Waals surface area contributed by atoms with Gasteiger partial charge in [-0.25, -0.2) is 0 Å². The standard InChI is InChI=1S/C6H4Cl2O2S.Na/c7-4-1-2-5(8)6(3-4)11(9)10;/h1-3H,(H,9,10);/q;+1/p-1. The molecule has 0 fully saturated rings. The van der Waals surface area contributed by atoms with Gasteiger partial charge in [-0.3, -0.25) is 4.21 Å². The molecular formula is C6H3Cl2NaO2S. The first-order chi connectivity index (χ1) is 5.11. The van der Waals surface area contributed by atoms with Crippen LogP contribution in [-0.2, 0) is 11.1 Å². The quantitative estimate of drug-likeness (QED) is 0.472. The Balaban J connectivity index is 0.00000121. The van der Waals surface area contributed by atoms with Crippen LogP contribution >= 0.6 is 23.2 Å². The molecule has 0 amide bonds. The first-order valence-electron chi connectivity index (χ1n) is 2.65. The van der Waals surface area contributed by atoms with Crippen LogP contribution in [0.5, 0.6) is 0 Å². The Morgan fingerprint density at radius 2 is 1.92 bits per heavy atom. The topological polar surface area (TPSA) is 40.1 Å². The van der Waals surface area contributed by atoms with Crippen molar-refractivity contribution in [3.05, 3.63) is 28.2 Å². The summed E-state index contributed by atoms with van der Waals surface area (Å²) >= 11 is 8.75. The number of hydrogen-bond donors (Lipinski definition) is 0. The SMILES string of the molecule is O=S([O-])c1cc(Cl)ccc1Cl.[Na+]. The molecule has 0 saturated heterocycles. The van der Waals surface area contributed by atoms with Crippen molar-refractivity contribution in [2.75, 3.05) is 0 Å². The number of hydrogen-bond acceptors (Lipinski definition) is 2. The summed E-state index contributed by atoms with van der Waals surface area (Å²) in [5.74, 6) is 0. The van der Waals surface area contributed by atoms with E-state index in [0.29, 0.717) is 5.02 Å². The van der Waals surface area contributed by atoms with Gasteiger partial charge >= 0.3 is 29.6 Å². The summed E-state index contributed by atoms with van der Waals surface area (Å²) in [4.78, 5) is 0.0270. The van der Waals surface area contributed by atoms with Crippen molar-refractivity contribution in [3.63, 3.8) is 0 Å². The Morgan fingerprint density at radius 1 is 1.33 bits per heavy atom. The third-order valence-corrected chi connectivity index (χ3v) is 2.45. The fraction of sp³-hybridized carbons (Fsp3) is 0. The first kappa shape index (κ1) is 12.9. The van der Waals surface area contributed by atoms with Gasteiger partial charge in [0.2, 0.25) is 0 Å². The summed E-state index contributed by atoms with van der Waals surface area (Å²) in [5, 5.41) is 0.538. The second-order valence-electron chi connectivity index (χ2n) is 1.81. The van der Waals surface area contributed by atoms with Gasteiger partial charge in [0.25, 0.3) is 0 Å². The Kier molecular flexibility index (Phi) is 6.03. The van der Waals surface area contributed by atoms with Crippen molar-refractivity contribution in [1.29, 1.82) is 0 Å². The van der Waals surface area contributed by atoms with Gasteiger partial charge in [-0.15, -0.1) is 0 Å². The molecule has 60 valence electrons. The van der Waals surface area contributed by atoms with E-state index < -0.39 is 11.1 Å². The van der Waals surface area contributed by atoms with Gasteiger partial charge in [-0.1, -0.05) is 23.2 Å². The molecule has 0 saturated carbocycles. The van der Waals surface area contributed by atoms with Crippen molar-refractivity contribution in [2.45, 2.75) is 4.90 Å². The number of rotatable bonds is 1. The maximum atomic E-state index is 10.4.